The zero-order valence-electron chi connectivity index (χ0n) is 25.0. The first kappa shape index (κ1) is 31.3. The number of halogens is 1. The Hall–Kier alpha value is -3.67. The molecule has 1 fully saturated rings. The molecule has 42 heavy (non-hydrogen) atoms. The summed E-state index contributed by atoms with van der Waals surface area (Å²) in [5.74, 6) is 0.0900. The average molecular weight is 572 g/mol. The van der Waals surface area contributed by atoms with Crippen LogP contribution in [0.5, 0.6) is 0 Å². The summed E-state index contributed by atoms with van der Waals surface area (Å²) in [6.45, 7) is 4.26. The number of nitrogens with one attached hydrogen (secondary N) is 2. The first-order valence-corrected chi connectivity index (χ1v) is 15.8. The maximum absolute atomic E-state index is 13.5. The van der Waals surface area contributed by atoms with Crippen LogP contribution < -0.4 is 15.5 Å². The van der Waals surface area contributed by atoms with Crippen molar-refractivity contribution in [2.45, 2.75) is 84.1 Å². The van der Waals surface area contributed by atoms with Gasteiger partial charge in [-0.15, -0.1) is 0 Å². The molecule has 1 aliphatic heterocycles. The van der Waals surface area contributed by atoms with E-state index in [1.165, 1.54) is 49.8 Å². The fourth-order valence-electron chi connectivity index (χ4n) is 5.74. The van der Waals surface area contributed by atoms with Gasteiger partial charge in [0, 0.05) is 37.4 Å². The highest BCUT2D eigenvalue weighted by Gasteiger charge is 2.24. The number of rotatable bonds is 15. The van der Waals surface area contributed by atoms with E-state index >= 15 is 0 Å². The van der Waals surface area contributed by atoms with Gasteiger partial charge < -0.3 is 15.5 Å². The largest absolute Gasteiger partial charge is 0.371 e. The number of amides is 2. The Balaban J connectivity index is 1.39. The Kier molecular flexibility index (Phi) is 12.4. The zero-order chi connectivity index (χ0) is 29.6. The van der Waals surface area contributed by atoms with E-state index in [2.05, 4.69) is 52.8 Å². The van der Waals surface area contributed by atoms with Gasteiger partial charge >= 0.3 is 0 Å². The second-order valence-corrected chi connectivity index (χ2v) is 11.6. The molecule has 0 saturated carbocycles. The SMILES string of the molecule is CCCCCCCCCC(=O)Nc1ccc(N2CCC(Cc3ccccc3)CC2)c(C(=O)NCc2ccc(F)cc2)c1. The van der Waals surface area contributed by atoms with Gasteiger partial charge in [-0.1, -0.05) is 87.9 Å². The monoisotopic (exact) mass is 571 g/mol. The van der Waals surface area contributed by atoms with Gasteiger partial charge in [-0.05, 0) is 73.1 Å². The quantitative estimate of drug-likeness (QED) is 0.180. The maximum atomic E-state index is 13.5. The van der Waals surface area contributed by atoms with Crippen molar-refractivity contribution in [2.24, 2.45) is 5.92 Å². The number of carbonyl (C=O) groups is 2. The lowest BCUT2D eigenvalue weighted by atomic mass is 9.89. The van der Waals surface area contributed by atoms with E-state index in [1.807, 2.05) is 12.1 Å². The molecule has 0 unspecified atom stereocenters. The third-order valence-electron chi connectivity index (χ3n) is 8.22. The predicted octanol–water partition coefficient (Wildman–Crippen LogP) is 8.29. The Morgan fingerprint density at radius 3 is 2.24 bits per heavy atom. The van der Waals surface area contributed by atoms with Gasteiger partial charge in [0.25, 0.3) is 5.91 Å². The van der Waals surface area contributed by atoms with E-state index in [0.717, 1.165) is 56.4 Å². The van der Waals surface area contributed by atoms with Gasteiger partial charge in [-0.25, -0.2) is 4.39 Å². The molecule has 0 spiro atoms. The number of nitrogens with zero attached hydrogens (tertiary/aromatic N) is 1. The Morgan fingerprint density at radius 1 is 0.833 bits per heavy atom. The van der Waals surface area contributed by atoms with Crippen molar-refractivity contribution in [1.82, 2.24) is 5.32 Å². The highest BCUT2D eigenvalue weighted by atomic mass is 19.1. The van der Waals surface area contributed by atoms with Gasteiger partial charge in [0.15, 0.2) is 0 Å². The van der Waals surface area contributed by atoms with Crippen molar-refractivity contribution in [3.63, 3.8) is 0 Å². The van der Waals surface area contributed by atoms with Crippen molar-refractivity contribution in [1.29, 1.82) is 0 Å². The molecule has 3 aromatic rings. The van der Waals surface area contributed by atoms with E-state index < -0.39 is 0 Å². The summed E-state index contributed by atoms with van der Waals surface area (Å²) < 4.78 is 13.3. The molecule has 0 aromatic heterocycles. The van der Waals surface area contributed by atoms with Crippen molar-refractivity contribution >= 4 is 23.2 Å². The molecule has 3 aromatic carbocycles. The van der Waals surface area contributed by atoms with Crippen molar-refractivity contribution in [3.8, 4) is 0 Å². The van der Waals surface area contributed by atoms with Crippen LogP contribution in [0.2, 0.25) is 0 Å². The van der Waals surface area contributed by atoms with Crippen LogP contribution in [-0.4, -0.2) is 24.9 Å². The summed E-state index contributed by atoms with van der Waals surface area (Å²) in [6.07, 6.45) is 11.8. The van der Waals surface area contributed by atoms with Gasteiger partial charge in [-0.2, -0.15) is 0 Å². The zero-order valence-corrected chi connectivity index (χ0v) is 25.0. The summed E-state index contributed by atoms with van der Waals surface area (Å²) >= 11 is 0. The molecule has 6 heteroatoms. The molecule has 1 aliphatic rings. The summed E-state index contributed by atoms with van der Waals surface area (Å²) in [5, 5.41) is 6.01. The van der Waals surface area contributed by atoms with Crippen LogP contribution in [0, 0.1) is 11.7 Å². The van der Waals surface area contributed by atoms with Crippen LogP contribution in [0.3, 0.4) is 0 Å². The Morgan fingerprint density at radius 2 is 1.52 bits per heavy atom. The lowest BCUT2D eigenvalue weighted by Gasteiger charge is -2.35. The van der Waals surface area contributed by atoms with Crippen LogP contribution >= 0.6 is 0 Å². The molecular formula is C36H46FN3O2. The van der Waals surface area contributed by atoms with Gasteiger partial charge in [-0.3, -0.25) is 9.59 Å². The van der Waals surface area contributed by atoms with Gasteiger partial charge in [0.05, 0.1) is 5.56 Å². The van der Waals surface area contributed by atoms with Gasteiger partial charge in [0.1, 0.15) is 5.82 Å². The molecule has 2 amide bonds. The van der Waals surface area contributed by atoms with E-state index in [0.29, 0.717) is 30.1 Å². The van der Waals surface area contributed by atoms with Crippen LogP contribution in [0.15, 0.2) is 72.8 Å². The molecule has 0 bridgehead atoms. The molecular weight excluding hydrogens is 525 g/mol. The molecule has 0 radical (unpaired) electrons. The van der Waals surface area contributed by atoms with E-state index in [9.17, 15) is 14.0 Å². The number of benzene rings is 3. The highest BCUT2D eigenvalue weighted by molar-refractivity contribution is 6.02. The second kappa shape index (κ2) is 16.7. The number of anilines is 2. The molecule has 4 rings (SSSR count). The lowest BCUT2D eigenvalue weighted by molar-refractivity contribution is -0.116. The summed E-state index contributed by atoms with van der Waals surface area (Å²) in [5.41, 5.74) is 4.26. The van der Waals surface area contributed by atoms with E-state index in [1.54, 1.807) is 18.2 Å². The minimum atomic E-state index is -0.303. The van der Waals surface area contributed by atoms with Gasteiger partial charge in [0.2, 0.25) is 5.91 Å². The van der Waals surface area contributed by atoms with Crippen molar-refractivity contribution in [3.05, 3.63) is 95.3 Å². The number of carbonyl (C=O) groups excluding carboxylic acids is 2. The molecule has 0 atom stereocenters. The van der Waals surface area contributed by atoms with Crippen LogP contribution in [-0.2, 0) is 17.8 Å². The molecule has 2 N–H and O–H groups in total. The van der Waals surface area contributed by atoms with E-state index in [-0.39, 0.29) is 17.6 Å². The molecule has 224 valence electrons. The number of hydrogen-bond acceptors (Lipinski definition) is 3. The number of piperidine rings is 1. The molecule has 1 heterocycles. The fraction of sp³-hybridized carbons (Fsp3) is 0.444. The lowest BCUT2D eigenvalue weighted by Crippen LogP contribution is -2.36. The first-order chi connectivity index (χ1) is 20.5. The maximum Gasteiger partial charge on any atom is 0.253 e. The average Bonchev–Trinajstić information content (AvgIpc) is 3.01. The third-order valence-corrected chi connectivity index (χ3v) is 8.22. The topological polar surface area (TPSA) is 61.4 Å². The normalized spacial score (nSPS) is 13.6. The minimum absolute atomic E-state index is 0.0179. The predicted molar refractivity (Wildman–Crippen MR) is 170 cm³/mol. The Labute approximate surface area is 250 Å². The summed E-state index contributed by atoms with van der Waals surface area (Å²) in [4.78, 5) is 28.5. The van der Waals surface area contributed by atoms with Crippen LogP contribution in [0.25, 0.3) is 0 Å². The highest BCUT2D eigenvalue weighted by Crippen LogP contribution is 2.30. The fourth-order valence-corrected chi connectivity index (χ4v) is 5.74. The minimum Gasteiger partial charge on any atom is -0.371 e. The molecule has 5 nitrogen and oxygen atoms in total. The van der Waals surface area contributed by atoms with Crippen molar-refractivity contribution < 1.29 is 14.0 Å². The first-order valence-electron chi connectivity index (χ1n) is 15.8. The number of hydrogen-bond donors (Lipinski definition) is 2. The molecule has 1 saturated heterocycles. The smallest absolute Gasteiger partial charge is 0.253 e. The standard InChI is InChI=1S/C36H46FN3O2/c1-2-3-4-5-6-7-11-14-35(41)39-32-19-20-34(33(26-32)36(42)38-27-30-15-17-31(37)18-16-30)40-23-21-29(22-24-40)25-28-12-9-8-10-13-28/h8-10,12-13,15-20,26,29H,2-7,11,14,21-25,27H2,1H3,(H,38,42)(H,39,41). The summed E-state index contributed by atoms with van der Waals surface area (Å²) in [6, 6.07) is 22.4. The number of unbranched alkanes of at least 4 members (excludes halogenated alkanes) is 6. The van der Waals surface area contributed by atoms with E-state index in [4.69, 9.17) is 0 Å². The second-order valence-electron chi connectivity index (χ2n) is 11.6. The third kappa shape index (κ3) is 10.0. The van der Waals surface area contributed by atoms with Crippen molar-refractivity contribution in [2.75, 3.05) is 23.3 Å². The summed E-state index contributed by atoms with van der Waals surface area (Å²) in [7, 11) is 0. The Bertz CT molecular complexity index is 1250. The molecule has 0 aliphatic carbocycles. The van der Waals surface area contributed by atoms with Crippen LogP contribution in [0.4, 0.5) is 15.8 Å². The van der Waals surface area contributed by atoms with Crippen LogP contribution in [0.1, 0.15) is 92.6 Å².